The van der Waals surface area contributed by atoms with Crippen LogP contribution in [0, 0.1) is 11.8 Å². The van der Waals surface area contributed by atoms with Gasteiger partial charge in [-0.15, -0.1) is 0 Å². The Hall–Kier alpha value is -2.09. The number of aromatic nitrogens is 2. The van der Waals surface area contributed by atoms with E-state index in [0.29, 0.717) is 23.8 Å². The highest BCUT2D eigenvalue weighted by molar-refractivity contribution is 5.77. The van der Waals surface area contributed by atoms with Crippen LogP contribution in [0.2, 0.25) is 0 Å². The van der Waals surface area contributed by atoms with E-state index in [-0.39, 0.29) is 0 Å². The molecule has 0 saturated carbocycles. The number of benzene rings is 1. The first-order valence-corrected chi connectivity index (χ1v) is 8.33. The van der Waals surface area contributed by atoms with Crippen LogP contribution in [-0.2, 0) is 0 Å². The van der Waals surface area contributed by atoms with Gasteiger partial charge in [0.2, 0.25) is 0 Å². The van der Waals surface area contributed by atoms with Crippen molar-refractivity contribution >= 4 is 5.70 Å². The maximum Gasteiger partial charge on any atom is 0.294 e. The van der Waals surface area contributed by atoms with Crippen molar-refractivity contribution in [2.24, 2.45) is 11.8 Å². The molecule has 2 heterocycles. The van der Waals surface area contributed by atoms with Crippen molar-refractivity contribution in [1.82, 2.24) is 4.57 Å². The summed E-state index contributed by atoms with van der Waals surface area (Å²) >= 11 is 0. The molecule has 0 spiro atoms. The largest absolute Gasteiger partial charge is 0.294 e. The van der Waals surface area contributed by atoms with Gasteiger partial charge in [-0.2, -0.15) is 4.57 Å². The van der Waals surface area contributed by atoms with Gasteiger partial charge in [0.15, 0.2) is 0 Å². The highest BCUT2D eigenvalue weighted by Crippen LogP contribution is 2.51. The van der Waals surface area contributed by atoms with E-state index >= 15 is 0 Å². The van der Waals surface area contributed by atoms with Gasteiger partial charge in [0.25, 0.3) is 5.82 Å². The van der Waals surface area contributed by atoms with E-state index in [1.54, 1.807) is 5.57 Å². The van der Waals surface area contributed by atoms with Crippen LogP contribution in [0.25, 0.3) is 17.1 Å². The molecule has 0 saturated heterocycles. The minimum absolute atomic E-state index is 0.503. The van der Waals surface area contributed by atoms with Crippen molar-refractivity contribution in [2.75, 3.05) is 0 Å². The number of imidazole rings is 1. The lowest BCUT2D eigenvalue weighted by atomic mass is 9.78. The fourth-order valence-electron chi connectivity index (χ4n) is 4.46. The molecule has 1 aromatic carbocycles. The summed E-state index contributed by atoms with van der Waals surface area (Å²) < 4.78 is 4.91. The van der Waals surface area contributed by atoms with E-state index in [1.165, 1.54) is 22.6 Å². The average Bonchev–Trinajstić information content (AvgIpc) is 2.95. The molecule has 0 amide bonds. The van der Waals surface area contributed by atoms with Crippen LogP contribution >= 0.6 is 0 Å². The second kappa shape index (κ2) is 4.01. The van der Waals surface area contributed by atoms with Crippen molar-refractivity contribution in [3.63, 3.8) is 0 Å². The minimum Gasteiger partial charge on any atom is -0.222 e. The van der Waals surface area contributed by atoms with Gasteiger partial charge in [0, 0.05) is 11.8 Å². The zero-order valence-electron chi connectivity index (χ0n) is 13.3. The highest BCUT2D eigenvalue weighted by Gasteiger charge is 2.46. The SMILES string of the molecule is CC(C)C1=C(n2cc[n+]3c2-c2ccccc2C2C=CC23)C1C. The van der Waals surface area contributed by atoms with Gasteiger partial charge in [-0.3, -0.25) is 0 Å². The molecule has 3 unspecified atom stereocenters. The van der Waals surface area contributed by atoms with Crippen molar-refractivity contribution < 1.29 is 4.57 Å². The molecule has 0 fully saturated rings. The van der Waals surface area contributed by atoms with Crippen molar-refractivity contribution in [1.29, 1.82) is 0 Å². The van der Waals surface area contributed by atoms with Gasteiger partial charge in [-0.05, 0) is 29.2 Å². The normalized spacial score (nSPS) is 27.4. The number of fused-ring (bicyclic) bond motifs is 6. The fourth-order valence-corrected chi connectivity index (χ4v) is 4.46. The van der Waals surface area contributed by atoms with Gasteiger partial charge in [-0.1, -0.05) is 45.0 Å². The Kier molecular flexibility index (Phi) is 2.27. The maximum absolute atomic E-state index is 2.46. The summed E-state index contributed by atoms with van der Waals surface area (Å²) in [5.74, 6) is 3.18. The van der Waals surface area contributed by atoms with E-state index in [2.05, 4.69) is 78.7 Å². The maximum atomic E-state index is 2.46. The Morgan fingerprint density at radius 1 is 1.14 bits per heavy atom. The average molecular weight is 289 g/mol. The van der Waals surface area contributed by atoms with E-state index in [4.69, 9.17) is 0 Å². The van der Waals surface area contributed by atoms with Crippen LogP contribution in [0.4, 0.5) is 0 Å². The molecule has 1 aliphatic heterocycles. The number of rotatable bonds is 2. The van der Waals surface area contributed by atoms with Crippen molar-refractivity contribution in [2.45, 2.75) is 32.7 Å². The molecule has 2 aromatic rings. The first-order chi connectivity index (χ1) is 10.7. The zero-order chi connectivity index (χ0) is 15.0. The van der Waals surface area contributed by atoms with Crippen LogP contribution in [0.5, 0.6) is 0 Å². The predicted molar refractivity (Wildman–Crippen MR) is 88.2 cm³/mol. The molecule has 5 rings (SSSR count). The second-order valence-corrected chi connectivity index (χ2v) is 7.10. The molecule has 2 nitrogen and oxygen atoms in total. The molecule has 1 aromatic heterocycles. The summed E-state index contributed by atoms with van der Waals surface area (Å²) in [4.78, 5) is 0. The van der Waals surface area contributed by atoms with Crippen LogP contribution in [0.3, 0.4) is 0 Å². The van der Waals surface area contributed by atoms with Gasteiger partial charge >= 0.3 is 0 Å². The highest BCUT2D eigenvalue weighted by atomic mass is 15.2. The Bertz CT molecular complexity index is 850. The van der Waals surface area contributed by atoms with E-state index in [1.807, 2.05) is 0 Å². The summed E-state index contributed by atoms with van der Waals surface area (Å²) in [5.41, 5.74) is 6.01. The number of hydrogen-bond donors (Lipinski definition) is 0. The molecule has 0 N–H and O–H groups in total. The smallest absolute Gasteiger partial charge is 0.222 e. The molecule has 22 heavy (non-hydrogen) atoms. The van der Waals surface area contributed by atoms with Crippen molar-refractivity contribution in [3.05, 3.63) is 59.9 Å². The van der Waals surface area contributed by atoms with Gasteiger partial charge in [0.1, 0.15) is 24.1 Å². The van der Waals surface area contributed by atoms with Crippen LogP contribution in [-0.4, -0.2) is 4.57 Å². The van der Waals surface area contributed by atoms with Crippen LogP contribution in [0.15, 0.2) is 54.4 Å². The number of hydrogen-bond acceptors (Lipinski definition) is 0. The van der Waals surface area contributed by atoms with E-state index < -0.39 is 0 Å². The summed E-state index contributed by atoms with van der Waals surface area (Å²) in [6.07, 6.45) is 9.21. The monoisotopic (exact) mass is 289 g/mol. The van der Waals surface area contributed by atoms with Gasteiger partial charge in [0.05, 0.1) is 5.56 Å². The predicted octanol–water partition coefficient (Wildman–Crippen LogP) is 4.17. The first kappa shape index (κ1) is 12.5. The summed E-state index contributed by atoms with van der Waals surface area (Å²) in [7, 11) is 0. The molecule has 2 aliphatic carbocycles. The lowest BCUT2D eigenvalue weighted by molar-refractivity contribution is -0.708. The minimum atomic E-state index is 0.503. The van der Waals surface area contributed by atoms with Gasteiger partial charge in [-0.25, -0.2) is 4.57 Å². The molecule has 3 atom stereocenters. The fraction of sp³-hybridized carbons (Fsp3) is 0.350. The quantitative estimate of drug-likeness (QED) is 0.579. The van der Waals surface area contributed by atoms with E-state index in [0.717, 1.165) is 0 Å². The summed E-state index contributed by atoms with van der Waals surface area (Å²) in [5, 5.41) is 0. The Morgan fingerprint density at radius 3 is 2.64 bits per heavy atom. The Balaban J connectivity index is 1.75. The molecule has 110 valence electrons. The zero-order valence-corrected chi connectivity index (χ0v) is 13.3. The van der Waals surface area contributed by atoms with Crippen molar-refractivity contribution in [3.8, 4) is 11.4 Å². The Labute approximate surface area is 131 Å². The molecule has 0 bridgehead atoms. The number of allylic oxidation sites excluding steroid dienone is 4. The lowest BCUT2D eigenvalue weighted by Gasteiger charge is -2.33. The third-order valence-electron chi connectivity index (χ3n) is 5.59. The molecule has 0 radical (unpaired) electrons. The standard InChI is InChI=1S/C20H21N2/c1-12(2)18-13(3)19(18)22-11-10-21-17-9-8-15(17)14-6-4-5-7-16(14)20(21)22/h4-13,15,17H,1-3H3/q+1. The number of nitrogens with zero attached hydrogens (tertiary/aromatic N) is 2. The molecule has 3 aliphatic rings. The van der Waals surface area contributed by atoms with E-state index in [9.17, 15) is 0 Å². The summed E-state index contributed by atoms with van der Waals surface area (Å²) in [6.45, 7) is 6.95. The third kappa shape index (κ3) is 1.38. The molecular formula is C20H21N2+. The lowest BCUT2D eigenvalue weighted by Crippen LogP contribution is -2.48. The third-order valence-corrected chi connectivity index (χ3v) is 5.59. The van der Waals surface area contributed by atoms with Crippen LogP contribution in [0.1, 0.15) is 38.3 Å². The first-order valence-electron chi connectivity index (χ1n) is 8.33. The topological polar surface area (TPSA) is 8.81 Å². The second-order valence-electron chi connectivity index (χ2n) is 7.10. The Morgan fingerprint density at radius 2 is 1.95 bits per heavy atom. The molecule has 2 heteroatoms. The van der Waals surface area contributed by atoms with Gasteiger partial charge < -0.3 is 0 Å². The van der Waals surface area contributed by atoms with Crippen LogP contribution < -0.4 is 4.57 Å². The molecular weight excluding hydrogens is 268 g/mol. The summed E-state index contributed by atoms with van der Waals surface area (Å²) in [6, 6.07) is 9.41.